The monoisotopic (exact) mass is 308 g/mol. The molecule has 23 heavy (non-hydrogen) atoms. The van der Waals surface area contributed by atoms with Gasteiger partial charge in [0.1, 0.15) is 5.52 Å². The van der Waals surface area contributed by atoms with Crippen molar-refractivity contribution in [2.75, 3.05) is 6.79 Å². The van der Waals surface area contributed by atoms with E-state index in [4.69, 9.17) is 9.47 Å². The van der Waals surface area contributed by atoms with Gasteiger partial charge in [-0.05, 0) is 17.5 Å². The second-order valence-electron chi connectivity index (χ2n) is 5.26. The van der Waals surface area contributed by atoms with E-state index in [1.807, 2.05) is 12.1 Å². The van der Waals surface area contributed by atoms with E-state index in [2.05, 4.69) is 15.2 Å². The molecule has 0 atom stereocenters. The minimum Gasteiger partial charge on any atom is -0.454 e. The molecule has 112 valence electrons. The van der Waals surface area contributed by atoms with Gasteiger partial charge in [0, 0.05) is 28.4 Å². The maximum absolute atomic E-state index is 11.4. The Kier molecular flexibility index (Phi) is 2.15. The van der Waals surface area contributed by atoms with Gasteiger partial charge in [0.05, 0.1) is 16.6 Å². The predicted molar refractivity (Wildman–Crippen MR) is 81.7 cm³/mol. The highest BCUT2D eigenvalue weighted by molar-refractivity contribution is 6.20. The molecule has 0 radical (unpaired) electrons. The van der Waals surface area contributed by atoms with Crippen LogP contribution in [0.15, 0.2) is 30.6 Å². The Bertz CT molecular complexity index is 1130. The fourth-order valence-corrected chi connectivity index (χ4v) is 3.02. The molecule has 4 aromatic rings. The van der Waals surface area contributed by atoms with Crippen LogP contribution in [0.25, 0.3) is 32.6 Å². The Hall–Kier alpha value is -3.42. The van der Waals surface area contributed by atoms with Crippen molar-refractivity contribution >= 4 is 38.3 Å². The van der Waals surface area contributed by atoms with Gasteiger partial charge in [-0.25, -0.2) is 4.98 Å². The molecule has 0 saturated carbocycles. The van der Waals surface area contributed by atoms with Crippen molar-refractivity contribution in [2.24, 2.45) is 0 Å². The van der Waals surface area contributed by atoms with Gasteiger partial charge >= 0.3 is 0 Å². The number of nitrogens with one attached hydrogen (secondary N) is 1. The number of hydrogen-bond acceptors (Lipinski definition) is 6. The van der Waals surface area contributed by atoms with E-state index in [0.717, 1.165) is 16.2 Å². The van der Waals surface area contributed by atoms with E-state index >= 15 is 0 Å². The second-order valence-corrected chi connectivity index (χ2v) is 5.26. The van der Waals surface area contributed by atoms with Crippen molar-refractivity contribution in [3.63, 3.8) is 0 Å². The van der Waals surface area contributed by atoms with E-state index in [1.165, 1.54) is 6.07 Å². The number of ether oxygens (including phenoxy) is 2. The zero-order chi connectivity index (χ0) is 15.6. The number of aromatic amines is 1. The van der Waals surface area contributed by atoms with Crippen LogP contribution in [0.1, 0.15) is 0 Å². The molecule has 1 aliphatic rings. The molecule has 8 nitrogen and oxygen atoms in total. The van der Waals surface area contributed by atoms with Crippen LogP contribution in [0, 0.1) is 10.1 Å². The van der Waals surface area contributed by atoms with Crippen molar-refractivity contribution in [3.8, 4) is 11.5 Å². The van der Waals surface area contributed by atoms with E-state index in [-0.39, 0.29) is 12.5 Å². The van der Waals surface area contributed by atoms with Gasteiger partial charge in [-0.15, -0.1) is 0 Å². The number of non-ortho nitro benzene ring substituents is 1. The number of nitrogens with zero attached hydrogens (tertiary/aromatic N) is 3. The van der Waals surface area contributed by atoms with Crippen LogP contribution in [0.4, 0.5) is 5.69 Å². The molecule has 0 saturated heterocycles. The molecule has 2 aromatic heterocycles. The molecular weight excluding hydrogens is 300 g/mol. The summed E-state index contributed by atoms with van der Waals surface area (Å²) >= 11 is 0. The highest BCUT2D eigenvalue weighted by atomic mass is 16.7. The topological polar surface area (TPSA) is 103 Å². The summed E-state index contributed by atoms with van der Waals surface area (Å²) in [5.74, 6) is 1.26. The zero-order valence-corrected chi connectivity index (χ0v) is 11.6. The van der Waals surface area contributed by atoms with Crippen LogP contribution >= 0.6 is 0 Å². The van der Waals surface area contributed by atoms with Crippen molar-refractivity contribution in [1.82, 2.24) is 15.2 Å². The summed E-state index contributed by atoms with van der Waals surface area (Å²) in [7, 11) is 0. The Labute approximate surface area is 127 Å². The van der Waals surface area contributed by atoms with E-state index < -0.39 is 4.92 Å². The van der Waals surface area contributed by atoms with Gasteiger partial charge < -0.3 is 9.47 Å². The minimum absolute atomic E-state index is 0.0590. The second kappa shape index (κ2) is 4.07. The Morgan fingerprint density at radius 2 is 1.96 bits per heavy atom. The quantitative estimate of drug-likeness (QED) is 0.329. The van der Waals surface area contributed by atoms with Gasteiger partial charge in [-0.2, -0.15) is 5.10 Å². The number of aromatic nitrogens is 3. The number of nitro benzene ring substituents is 1. The van der Waals surface area contributed by atoms with E-state index in [1.54, 1.807) is 12.4 Å². The molecule has 1 N–H and O–H groups in total. The molecule has 3 heterocycles. The molecule has 0 fully saturated rings. The number of hydrogen-bond donors (Lipinski definition) is 1. The number of pyridine rings is 1. The average molecular weight is 308 g/mol. The summed E-state index contributed by atoms with van der Waals surface area (Å²) in [6.07, 6.45) is 3.26. The molecule has 2 aromatic carbocycles. The van der Waals surface area contributed by atoms with Crippen LogP contribution in [-0.2, 0) is 0 Å². The van der Waals surface area contributed by atoms with E-state index in [0.29, 0.717) is 27.9 Å². The summed E-state index contributed by atoms with van der Waals surface area (Å²) in [4.78, 5) is 15.3. The standard InChI is InChI=1S/C15H8N4O4/c20-19(21)11-3-10-9(5-17-18-10)14-8-2-13-12(22-6-23-13)1-7(8)4-16-15(11)14/h1-5H,6H2,(H,17,18). The third kappa shape index (κ3) is 1.54. The first-order chi connectivity index (χ1) is 11.2. The molecule has 5 rings (SSSR count). The van der Waals surface area contributed by atoms with Gasteiger partial charge in [-0.1, -0.05) is 0 Å². The van der Waals surface area contributed by atoms with Crippen LogP contribution in [0.2, 0.25) is 0 Å². The first kappa shape index (κ1) is 12.2. The highest BCUT2D eigenvalue weighted by Gasteiger charge is 2.22. The average Bonchev–Trinajstić information content (AvgIpc) is 3.19. The Balaban J connectivity index is 2.05. The first-order valence-electron chi connectivity index (χ1n) is 6.85. The lowest BCUT2D eigenvalue weighted by molar-refractivity contribution is -0.383. The fraction of sp³-hybridized carbons (Fsp3) is 0.0667. The summed E-state index contributed by atoms with van der Waals surface area (Å²) in [6, 6.07) is 5.11. The van der Waals surface area contributed by atoms with E-state index in [9.17, 15) is 10.1 Å². The van der Waals surface area contributed by atoms with Crippen LogP contribution in [0.3, 0.4) is 0 Å². The van der Waals surface area contributed by atoms with Crippen LogP contribution in [-0.4, -0.2) is 26.9 Å². The number of H-pyrrole nitrogens is 1. The molecule has 0 amide bonds. The van der Waals surface area contributed by atoms with Gasteiger partial charge in [0.2, 0.25) is 6.79 Å². The predicted octanol–water partition coefficient (Wildman–Crippen LogP) is 2.90. The van der Waals surface area contributed by atoms with Crippen LogP contribution in [0.5, 0.6) is 11.5 Å². The number of fused-ring (bicyclic) bond motifs is 6. The largest absolute Gasteiger partial charge is 0.454 e. The van der Waals surface area contributed by atoms with Gasteiger partial charge in [0.25, 0.3) is 5.69 Å². The lowest BCUT2D eigenvalue weighted by Gasteiger charge is -2.06. The summed E-state index contributed by atoms with van der Waals surface area (Å²) in [6.45, 7) is 0.165. The van der Waals surface area contributed by atoms with Crippen molar-refractivity contribution in [2.45, 2.75) is 0 Å². The van der Waals surface area contributed by atoms with Crippen molar-refractivity contribution in [3.05, 3.63) is 40.7 Å². The zero-order valence-electron chi connectivity index (χ0n) is 11.6. The Morgan fingerprint density at radius 1 is 1.13 bits per heavy atom. The number of rotatable bonds is 1. The maximum Gasteiger partial charge on any atom is 0.297 e. The third-order valence-electron chi connectivity index (χ3n) is 4.04. The molecule has 1 aliphatic heterocycles. The lowest BCUT2D eigenvalue weighted by Crippen LogP contribution is -1.93. The summed E-state index contributed by atoms with van der Waals surface area (Å²) < 4.78 is 10.8. The highest BCUT2D eigenvalue weighted by Crippen LogP contribution is 2.41. The van der Waals surface area contributed by atoms with Gasteiger partial charge in [-0.3, -0.25) is 15.2 Å². The molecule has 8 heteroatoms. The first-order valence-corrected chi connectivity index (χ1v) is 6.85. The van der Waals surface area contributed by atoms with Gasteiger partial charge in [0.15, 0.2) is 11.5 Å². The lowest BCUT2D eigenvalue weighted by atomic mass is 10.0. The molecule has 0 spiro atoms. The smallest absolute Gasteiger partial charge is 0.297 e. The molecule has 0 bridgehead atoms. The number of nitro groups is 1. The molecular formula is C15H8N4O4. The maximum atomic E-state index is 11.4. The van der Waals surface area contributed by atoms with Crippen molar-refractivity contribution in [1.29, 1.82) is 0 Å². The molecule has 0 aliphatic carbocycles. The molecule has 0 unspecified atom stereocenters. The minimum atomic E-state index is -0.436. The third-order valence-corrected chi connectivity index (χ3v) is 4.04. The summed E-state index contributed by atoms with van der Waals surface area (Å²) in [5, 5.41) is 21.3. The fourth-order valence-electron chi connectivity index (χ4n) is 3.02. The van der Waals surface area contributed by atoms with Crippen molar-refractivity contribution < 1.29 is 14.4 Å². The summed E-state index contributed by atoms with van der Waals surface area (Å²) in [5.41, 5.74) is 0.864. The number of benzene rings is 2. The Morgan fingerprint density at radius 3 is 2.78 bits per heavy atom. The SMILES string of the molecule is O=[N+]([O-])c1cc2[nH]ncc2c2c1ncc1cc3c(cc12)OCO3. The normalized spacial score (nSPS) is 13.2. The van der Waals surface area contributed by atoms with Crippen LogP contribution < -0.4 is 9.47 Å².